The van der Waals surface area contributed by atoms with E-state index in [-0.39, 0.29) is 29.4 Å². The van der Waals surface area contributed by atoms with E-state index in [1.165, 1.54) is 16.2 Å². The Hall–Kier alpha value is -2.76. The Kier molecular flexibility index (Phi) is 6.41. The van der Waals surface area contributed by atoms with E-state index in [1.807, 2.05) is 11.0 Å². The van der Waals surface area contributed by atoms with E-state index in [0.717, 1.165) is 12.8 Å². The first kappa shape index (κ1) is 23.0. The number of pyridine rings is 1. The molecule has 178 valence electrons. The maximum atomic E-state index is 13.5. The zero-order chi connectivity index (χ0) is 23.8. The summed E-state index contributed by atoms with van der Waals surface area (Å²) >= 11 is 6.66. The van der Waals surface area contributed by atoms with Crippen LogP contribution < -0.4 is 16.2 Å². The van der Waals surface area contributed by atoms with E-state index < -0.39 is 0 Å². The van der Waals surface area contributed by atoms with E-state index >= 15 is 0 Å². The number of rotatable bonds is 5. The van der Waals surface area contributed by atoms with Crippen LogP contribution in [0.4, 0.5) is 5.82 Å². The minimum Gasteiger partial charge on any atom is -0.376 e. The van der Waals surface area contributed by atoms with Crippen LogP contribution in [-0.2, 0) is 14.3 Å². The Morgan fingerprint density at radius 3 is 2.76 bits per heavy atom. The molecule has 0 saturated carbocycles. The number of anilines is 1. The zero-order valence-electron chi connectivity index (χ0n) is 18.5. The van der Waals surface area contributed by atoms with Crippen molar-refractivity contribution >= 4 is 57.7 Å². The summed E-state index contributed by atoms with van der Waals surface area (Å²) < 4.78 is 7.60. The number of piperidine rings is 1. The lowest BCUT2D eigenvalue weighted by Crippen LogP contribution is -2.40. The van der Waals surface area contributed by atoms with E-state index in [2.05, 4.69) is 0 Å². The van der Waals surface area contributed by atoms with Gasteiger partial charge in [-0.15, -0.1) is 0 Å². The summed E-state index contributed by atoms with van der Waals surface area (Å²) in [7, 11) is 0. The number of nitrogens with zero attached hydrogens (tertiary/aromatic N) is 4. The van der Waals surface area contributed by atoms with Gasteiger partial charge in [0.15, 0.2) is 0 Å². The third-order valence-corrected chi connectivity index (χ3v) is 7.88. The van der Waals surface area contributed by atoms with Gasteiger partial charge >= 0.3 is 0 Å². The highest BCUT2D eigenvalue weighted by Gasteiger charge is 2.35. The van der Waals surface area contributed by atoms with Gasteiger partial charge in [0.05, 0.1) is 23.1 Å². The molecule has 3 fully saturated rings. The largest absolute Gasteiger partial charge is 0.376 e. The Balaban J connectivity index is 1.51. The minimum absolute atomic E-state index is 0.0167. The van der Waals surface area contributed by atoms with Crippen LogP contribution in [-0.4, -0.2) is 62.8 Å². The average Bonchev–Trinajstić information content (AvgIpc) is 3.45. The second-order valence-corrected chi connectivity index (χ2v) is 10.3. The Bertz CT molecular complexity index is 1250. The number of carbonyl (C=O) groups is 2. The normalized spacial score (nSPS) is 22.9. The molecule has 5 rings (SSSR count). The Labute approximate surface area is 205 Å². The van der Waals surface area contributed by atoms with Crippen LogP contribution in [0.15, 0.2) is 34.1 Å². The van der Waals surface area contributed by atoms with Gasteiger partial charge in [-0.25, -0.2) is 4.98 Å². The maximum absolute atomic E-state index is 13.5. The summed E-state index contributed by atoms with van der Waals surface area (Å²) in [5.74, 6) is -0.207. The number of thiocarbonyl (C=S) groups is 1. The summed E-state index contributed by atoms with van der Waals surface area (Å²) in [6.45, 7) is 2.21. The van der Waals surface area contributed by atoms with Crippen LogP contribution in [0, 0.1) is 5.92 Å². The van der Waals surface area contributed by atoms with Gasteiger partial charge in [-0.3, -0.25) is 23.7 Å². The molecular weight excluding hydrogens is 474 g/mol. The number of aromatic nitrogens is 2. The van der Waals surface area contributed by atoms with Crippen molar-refractivity contribution in [2.45, 2.75) is 31.8 Å². The summed E-state index contributed by atoms with van der Waals surface area (Å²) in [6.07, 6.45) is 6.31. The molecule has 5 heterocycles. The average molecular weight is 500 g/mol. The van der Waals surface area contributed by atoms with Gasteiger partial charge in [-0.05, 0) is 43.9 Å². The van der Waals surface area contributed by atoms with E-state index in [0.29, 0.717) is 65.3 Å². The topological polar surface area (TPSA) is 110 Å². The lowest BCUT2D eigenvalue weighted by Gasteiger charge is -2.32. The first-order chi connectivity index (χ1) is 16.4. The summed E-state index contributed by atoms with van der Waals surface area (Å²) in [5, 5.41) is 0. The van der Waals surface area contributed by atoms with Crippen molar-refractivity contribution < 1.29 is 14.3 Å². The lowest BCUT2D eigenvalue weighted by molar-refractivity contribution is -0.123. The highest BCUT2D eigenvalue weighted by atomic mass is 32.2. The van der Waals surface area contributed by atoms with Gasteiger partial charge in [0, 0.05) is 31.8 Å². The van der Waals surface area contributed by atoms with Crippen molar-refractivity contribution in [1.29, 1.82) is 0 Å². The summed E-state index contributed by atoms with van der Waals surface area (Å²) in [4.78, 5) is 47.0. The molecule has 0 aromatic carbocycles. The van der Waals surface area contributed by atoms with Crippen LogP contribution in [0.1, 0.15) is 31.2 Å². The molecule has 2 N–H and O–H groups in total. The van der Waals surface area contributed by atoms with Crippen molar-refractivity contribution in [3.8, 4) is 0 Å². The first-order valence-corrected chi connectivity index (χ1v) is 12.6. The monoisotopic (exact) mass is 499 g/mol. The minimum atomic E-state index is -0.304. The van der Waals surface area contributed by atoms with Crippen molar-refractivity contribution in [2.75, 3.05) is 31.1 Å². The number of hydrogen-bond acceptors (Lipinski definition) is 8. The molecule has 0 spiro atoms. The molecule has 1 unspecified atom stereocenters. The molecule has 11 heteroatoms. The molecule has 2 amide bonds. The van der Waals surface area contributed by atoms with Crippen LogP contribution in [0.5, 0.6) is 0 Å². The molecule has 0 bridgehead atoms. The first-order valence-electron chi connectivity index (χ1n) is 11.3. The quantitative estimate of drug-likeness (QED) is 0.490. The highest BCUT2D eigenvalue weighted by molar-refractivity contribution is 8.26. The number of hydrogen-bond donors (Lipinski definition) is 1. The number of amides is 2. The third-order valence-electron chi connectivity index (χ3n) is 6.51. The van der Waals surface area contributed by atoms with E-state index in [1.54, 1.807) is 29.3 Å². The van der Waals surface area contributed by atoms with Gasteiger partial charge in [0.2, 0.25) is 5.91 Å². The molecule has 3 aliphatic heterocycles. The summed E-state index contributed by atoms with van der Waals surface area (Å²) in [5.41, 5.74) is 6.07. The van der Waals surface area contributed by atoms with Crippen molar-refractivity contribution in [1.82, 2.24) is 14.3 Å². The standard InChI is InChI=1S/C23H25N5O4S2/c24-19(29)14-6-9-26(10-7-14)20-16(21(30)27-8-2-1-5-18(27)25-20)12-17-22(31)28(23(33)34-17)13-15-4-3-11-32-15/h1-2,5,8,12,14-15H,3-4,6-7,9-11,13H2,(H2,24,29)/b17-12+. The van der Waals surface area contributed by atoms with E-state index in [4.69, 9.17) is 27.7 Å². The molecule has 1 atom stereocenters. The van der Waals surface area contributed by atoms with Gasteiger partial charge < -0.3 is 15.4 Å². The smallest absolute Gasteiger partial charge is 0.267 e. The van der Waals surface area contributed by atoms with Crippen LogP contribution in [0.2, 0.25) is 0 Å². The molecule has 3 saturated heterocycles. The number of carbonyl (C=O) groups excluding carboxylic acids is 2. The fourth-order valence-electron chi connectivity index (χ4n) is 4.61. The SMILES string of the molecule is NC(=O)C1CCN(c2nc3ccccn3c(=O)c2/C=C2/SC(=S)N(CC3CCCO3)C2=O)CC1. The molecule has 2 aromatic rings. The zero-order valence-corrected chi connectivity index (χ0v) is 20.1. The van der Waals surface area contributed by atoms with E-state index in [9.17, 15) is 14.4 Å². The fourth-order valence-corrected chi connectivity index (χ4v) is 5.87. The van der Waals surface area contributed by atoms with Gasteiger partial charge in [0.1, 0.15) is 15.8 Å². The highest BCUT2D eigenvalue weighted by Crippen LogP contribution is 2.35. The number of nitrogens with two attached hydrogens (primary N) is 1. The van der Waals surface area contributed by atoms with Crippen LogP contribution in [0.3, 0.4) is 0 Å². The molecule has 0 aliphatic carbocycles. The third kappa shape index (κ3) is 4.35. The van der Waals surface area contributed by atoms with Crippen molar-refractivity contribution in [3.05, 3.63) is 45.2 Å². The molecule has 3 aliphatic rings. The predicted molar refractivity (Wildman–Crippen MR) is 134 cm³/mol. The number of ether oxygens (including phenoxy) is 1. The van der Waals surface area contributed by atoms with Gasteiger partial charge in [-0.2, -0.15) is 0 Å². The van der Waals surface area contributed by atoms with Crippen LogP contribution >= 0.6 is 24.0 Å². The lowest BCUT2D eigenvalue weighted by atomic mass is 9.96. The molecule has 9 nitrogen and oxygen atoms in total. The fraction of sp³-hybridized carbons (Fsp3) is 0.435. The molecule has 34 heavy (non-hydrogen) atoms. The van der Waals surface area contributed by atoms with Gasteiger partial charge in [-0.1, -0.05) is 30.0 Å². The Morgan fingerprint density at radius 2 is 2.06 bits per heavy atom. The van der Waals surface area contributed by atoms with Crippen LogP contribution in [0.25, 0.3) is 11.7 Å². The second-order valence-electron chi connectivity index (χ2n) is 8.67. The summed E-state index contributed by atoms with van der Waals surface area (Å²) in [6, 6.07) is 5.35. The number of thioether (sulfide) groups is 1. The molecule has 0 radical (unpaired) electrons. The van der Waals surface area contributed by atoms with Crippen molar-refractivity contribution in [2.24, 2.45) is 11.7 Å². The maximum Gasteiger partial charge on any atom is 0.267 e. The molecule has 2 aromatic heterocycles. The second kappa shape index (κ2) is 9.47. The number of fused-ring (bicyclic) bond motifs is 1. The number of primary amides is 1. The Morgan fingerprint density at radius 1 is 1.26 bits per heavy atom. The van der Waals surface area contributed by atoms with Crippen molar-refractivity contribution in [3.63, 3.8) is 0 Å². The van der Waals surface area contributed by atoms with Gasteiger partial charge in [0.25, 0.3) is 11.5 Å². The predicted octanol–water partition coefficient (Wildman–Crippen LogP) is 1.78. The molecular formula is C23H25N5O4S2.